The van der Waals surface area contributed by atoms with Crippen LogP contribution in [-0.2, 0) is 9.84 Å². The van der Waals surface area contributed by atoms with Crippen molar-refractivity contribution >= 4 is 20.7 Å². The minimum atomic E-state index is -3.20. The van der Waals surface area contributed by atoms with Gasteiger partial charge in [-0.3, -0.25) is 10.1 Å². The summed E-state index contributed by atoms with van der Waals surface area (Å²) < 4.78 is 23.3. The van der Waals surface area contributed by atoms with Gasteiger partial charge in [-0.2, -0.15) is 5.10 Å². The maximum absolute atomic E-state index is 11.6. The molecule has 0 saturated heterocycles. The molecule has 0 aliphatic heterocycles. The van der Waals surface area contributed by atoms with Crippen LogP contribution >= 0.6 is 0 Å². The van der Waals surface area contributed by atoms with E-state index in [2.05, 4.69) is 15.2 Å². The molecule has 0 aliphatic carbocycles. The monoisotopic (exact) mass is 287 g/mol. The Morgan fingerprint density at radius 1 is 1.20 bits per heavy atom. The lowest BCUT2D eigenvalue weighted by molar-refractivity contribution is 0.601. The van der Waals surface area contributed by atoms with Crippen LogP contribution < -0.4 is 0 Å². The Bertz CT molecular complexity index is 898. The summed E-state index contributed by atoms with van der Waals surface area (Å²) in [5, 5.41) is 7.82. The average molecular weight is 287 g/mol. The number of aromatic amines is 1. The Balaban J connectivity index is 2.21. The first-order chi connectivity index (χ1) is 9.47. The molecule has 0 saturated carbocycles. The van der Waals surface area contributed by atoms with Crippen molar-refractivity contribution in [1.29, 1.82) is 0 Å². The van der Waals surface area contributed by atoms with E-state index in [0.29, 0.717) is 10.5 Å². The van der Waals surface area contributed by atoms with E-state index in [9.17, 15) is 8.42 Å². The summed E-state index contributed by atoms with van der Waals surface area (Å²) in [7, 11) is -3.20. The third-order valence-corrected chi connectivity index (χ3v) is 4.47. The largest absolute Gasteiger partial charge is 0.278 e. The van der Waals surface area contributed by atoms with Crippen molar-refractivity contribution in [2.75, 3.05) is 6.26 Å². The Hall–Kier alpha value is -2.21. The van der Waals surface area contributed by atoms with Gasteiger partial charge in [0.15, 0.2) is 9.84 Å². The van der Waals surface area contributed by atoms with Crippen LogP contribution in [0.4, 0.5) is 0 Å². The quantitative estimate of drug-likeness (QED) is 0.785. The van der Waals surface area contributed by atoms with Crippen molar-refractivity contribution in [3.05, 3.63) is 42.2 Å². The van der Waals surface area contributed by atoms with Crippen LogP contribution in [-0.4, -0.2) is 29.9 Å². The Labute approximate surface area is 116 Å². The second kappa shape index (κ2) is 4.42. The molecule has 0 bridgehead atoms. The number of nitrogens with zero attached hydrogens (tertiary/aromatic N) is 2. The average Bonchev–Trinajstić information content (AvgIpc) is 2.85. The van der Waals surface area contributed by atoms with Crippen molar-refractivity contribution < 1.29 is 8.42 Å². The number of fused-ring (bicyclic) bond motifs is 1. The molecule has 20 heavy (non-hydrogen) atoms. The number of hydrogen-bond acceptors (Lipinski definition) is 4. The molecule has 0 fully saturated rings. The molecule has 1 N–H and O–H groups in total. The highest BCUT2D eigenvalue weighted by molar-refractivity contribution is 7.90. The van der Waals surface area contributed by atoms with Crippen LogP contribution in [0.2, 0.25) is 0 Å². The van der Waals surface area contributed by atoms with Crippen LogP contribution in [0.25, 0.3) is 22.2 Å². The van der Waals surface area contributed by atoms with E-state index >= 15 is 0 Å². The highest BCUT2D eigenvalue weighted by Crippen LogP contribution is 2.27. The standard InChI is InChI=1S/C14H13N3O2S/c1-9-7-10(3-4-13(9)20(2,18)19)14-11-8-16-17-12(11)5-6-15-14/h3-8H,1-2H3,(H,16,17). The maximum atomic E-state index is 11.6. The predicted molar refractivity (Wildman–Crippen MR) is 77.2 cm³/mol. The van der Waals surface area contributed by atoms with E-state index in [-0.39, 0.29) is 0 Å². The molecule has 2 heterocycles. The number of pyridine rings is 1. The van der Waals surface area contributed by atoms with Gasteiger partial charge < -0.3 is 0 Å². The summed E-state index contributed by atoms with van der Waals surface area (Å²) in [6, 6.07) is 7.09. The summed E-state index contributed by atoms with van der Waals surface area (Å²) in [5.74, 6) is 0. The van der Waals surface area contributed by atoms with Gasteiger partial charge in [0.1, 0.15) is 0 Å². The number of aryl methyl sites for hydroxylation is 1. The van der Waals surface area contributed by atoms with E-state index < -0.39 is 9.84 Å². The lowest BCUT2D eigenvalue weighted by atomic mass is 10.1. The summed E-state index contributed by atoms with van der Waals surface area (Å²) in [6.45, 7) is 1.79. The fraction of sp³-hybridized carbons (Fsp3) is 0.143. The Kier molecular flexibility index (Phi) is 2.83. The minimum Gasteiger partial charge on any atom is -0.278 e. The van der Waals surface area contributed by atoms with Crippen LogP contribution in [0.3, 0.4) is 0 Å². The highest BCUT2D eigenvalue weighted by atomic mass is 32.2. The fourth-order valence-corrected chi connectivity index (χ4v) is 3.27. The number of nitrogens with one attached hydrogen (secondary N) is 1. The Morgan fingerprint density at radius 3 is 2.70 bits per heavy atom. The minimum absolute atomic E-state index is 0.348. The predicted octanol–water partition coefficient (Wildman–Crippen LogP) is 2.34. The van der Waals surface area contributed by atoms with Crippen LogP contribution in [0.5, 0.6) is 0 Å². The first kappa shape index (κ1) is 12.8. The van der Waals surface area contributed by atoms with E-state index in [4.69, 9.17) is 0 Å². The topological polar surface area (TPSA) is 75.7 Å². The molecule has 0 atom stereocenters. The number of sulfone groups is 1. The van der Waals surface area contributed by atoms with Crippen LogP contribution in [0, 0.1) is 6.92 Å². The van der Waals surface area contributed by atoms with Gasteiger partial charge in [-0.15, -0.1) is 0 Å². The molecule has 0 aliphatic rings. The smallest absolute Gasteiger partial charge is 0.175 e. The van der Waals surface area contributed by atoms with Gasteiger partial charge >= 0.3 is 0 Å². The van der Waals surface area contributed by atoms with Crippen molar-refractivity contribution in [3.63, 3.8) is 0 Å². The zero-order valence-corrected chi connectivity index (χ0v) is 11.9. The first-order valence-corrected chi connectivity index (χ1v) is 7.95. The summed E-state index contributed by atoms with van der Waals surface area (Å²) in [6.07, 6.45) is 4.64. The molecule has 1 aromatic carbocycles. The maximum Gasteiger partial charge on any atom is 0.175 e. The second-order valence-electron chi connectivity index (χ2n) is 4.74. The molecule has 3 aromatic rings. The highest BCUT2D eigenvalue weighted by Gasteiger charge is 2.13. The van der Waals surface area contributed by atoms with Crippen molar-refractivity contribution in [1.82, 2.24) is 15.2 Å². The van der Waals surface area contributed by atoms with Crippen LogP contribution in [0.1, 0.15) is 5.56 Å². The third-order valence-electron chi connectivity index (χ3n) is 3.22. The fourth-order valence-electron chi connectivity index (χ4n) is 2.31. The normalized spacial score (nSPS) is 11.9. The lowest BCUT2D eigenvalue weighted by Gasteiger charge is -2.07. The zero-order chi connectivity index (χ0) is 14.3. The van der Waals surface area contributed by atoms with Gasteiger partial charge in [0.25, 0.3) is 0 Å². The molecule has 2 aromatic heterocycles. The van der Waals surface area contributed by atoms with Crippen molar-refractivity contribution in [2.45, 2.75) is 11.8 Å². The van der Waals surface area contributed by atoms with Gasteiger partial charge in [0.05, 0.1) is 22.3 Å². The van der Waals surface area contributed by atoms with Gasteiger partial charge in [0.2, 0.25) is 0 Å². The number of rotatable bonds is 2. The second-order valence-corrected chi connectivity index (χ2v) is 6.73. The van der Waals surface area contributed by atoms with E-state index in [1.807, 2.05) is 12.1 Å². The van der Waals surface area contributed by atoms with Gasteiger partial charge in [0, 0.05) is 23.4 Å². The first-order valence-electron chi connectivity index (χ1n) is 6.06. The molecule has 6 heteroatoms. The molecule has 3 rings (SSSR count). The summed E-state index contributed by atoms with van der Waals surface area (Å²) in [4.78, 5) is 4.72. The zero-order valence-electron chi connectivity index (χ0n) is 11.1. The molecule has 0 spiro atoms. The number of benzene rings is 1. The van der Waals surface area contributed by atoms with Gasteiger partial charge in [-0.1, -0.05) is 6.07 Å². The lowest BCUT2D eigenvalue weighted by Crippen LogP contribution is -2.00. The van der Waals surface area contributed by atoms with E-state index in [1.165, 1.54) is 6.26 Å². The third kappa shape index (κ3) is 2.08. The summed E-state index contributed by atoms with van der Waals surface area (Å²) >= 11 is 0. The molecule has 0 radical (unpaired) electrons. The number of H-pyrrole nitrogens is 1. The van der Waals surface area contributed by atoms with Crippen molar-refractivity contribution in [2.24, 2.45) is 0 Å². The van der Waals surface area contributed by atoms with E-state index in [0.717, 1.165) is 22.2 Å². The molecule has 5 nitrogen and oxygen atoms in total. The molecule has 0 unspecified atom stereocenters. The number of aromatic nitrogens is 3. The van der Waals surface area contributed by atoms with Crippen LogP contribution in [0.15, 0.2) is 41.6 Å². The molecule has 102 valence electrons. The molecular weight excluding hydrogens is 274 g/mol. The molecular formula is C14H13N3O2S. The van der Waals surface area contributed by atoms with Gasteiger partial charge in [-0.25, -0.2) is 8.42 Å². The SMILES string of the molecule is Cc1cc(-c2nccc3[nH]ncc23)ccc1S(C)(=O)=O. The van der Waals surface area contributed by atoms with Gasteiger partial charge in [-0.05, 0) is 30.7 Å². The van der Waals surface area contributed by atoms with E-state index in [1.54, 1.807) is 31.5 Å². The van der Waals surface area contributed by atoms with Crippen molar-refractivity contribution in [3.8, 4) is 11.3 Å². The Morgan fingerprint density at radius 2 is 2.00 bits per heavy atom. The molecule has 0 amide bonds. The summed E-state index contributed by atoms with van der Waals surface area (Å²) in [5.41, 5.74) is 3.29. The number of hydrogen-bond donors (Lipinski definition) is 1.